The molecule has 0 aromatic heterocycles. The van der Waals surface area contributed by atoms with Crippen LogP contribution in [0.5, 0.6) is 0 Å². The maximum atomic E-state index is 11.9. The minimum atomic E-state index is -0.903. The Morgan fingerprint density at radius 1 is 1.40 bits per heavy atom. The number of alkyl carbamates (subject to hydrolysis) is 1. The number of nitrogens with one attached hydrogen (secondary N) is 1. The van der Waals surface area contributed by atoms with E-state index in [1.807, 2.05) is 0 Å². The van der Waals surface area contributed by atoms with Crippen LogP contribution in [0.25, 0.3) is 0 Å². The van der Waals surface area contributed by atoms with Crippen molar-refractivity contribution in [1.82, 2.24) is 10.2 Å². The van der Waals surface area contributed by atoms with E-state index in [1.54, 1.807) is 20.8 Å². The van der Waals surface area contributed by atoms with Crippen LogP contribution >= 0.6 is 0 Å². The molecule has 1 aliphatic heterocycles. The Balaban J connectivity index is 2.70. The Morgan fingerprint density at radius 3 is 2.55 bits per heavy atom. The molecule has 1 heterocycles. The minimum absolute atomic E-state index is 0.0769. The number of amides is 1. The lowest BCUT2D eigenvalue weighted by molar-refractivity contribution is -0.138. The van der Waals surface area contributed by atoms with Crippen molar-refractivity contribution < 1.29 is 19.4 Å². The summed E-state index contributed by atoms with van der Waals surface area (Å²) in [4.78, 5) is 25.2. The number of hydrogen-bond acceptors (Lipinski definition) is 4. The molecule has 1 atom stereocenters. The number of nitrogens with zero attached hydrogens (tertiary/aromatic N) is 1. The van der Waals surface area contributed by atoms with Gasteiger partial charge >= 0.3 is 12.1 Å². The van der Waals surface area contributed by atoms with Gasteiger partial charge in [-0.15, -0.1) is 0 Å². The second kappa shape index (κ2) is 6.43. The highest BCUT2D eigenvalue weighted by atomic mass is 16.6. The van der Waals surface area contributed by atoms with E-state index in [0.29, 0.717) is 13.0 Å². The standard InChI is InChI=1S/C14H26N2O4/c1-5-7-16-8-6-14(10-16,9-11(17)18)15-12(19)20-13(2,3)4/h5-10H2,1-4H3,(H,15,19)(H,17,18). The molecule has 1 fully saturated rings. The third-order valence-corrected chi connectivity index (χ3v) is 3.23. The van der Waals surface area contributed by atoms with Crippen LogP contribution in [0.2, 0.25) is 0 Å². The number of carboxylic acids is 1. The van der Waals surface area contributed by atoms with Gasteiger partial charge in [-0.2, -0.15) is 0 Å². The lowest BCUT2D eigenvalue weighted by Gasteiger charge is -2.30. The average Bonchev–Trinajstić information content (AvgIpc) is 2.57. The summed E-state index contributed by atoms with van der Waals surface area (Å²) in [5.74, 6) is -0.903. The van der Waals surface area contributed by atoms with Gasteiger partial charge in [0.1, 0.15) is 5.60 Å². The zero-order valence-corrected chi connectivity index (χ0v) is 12.9. The molecule has 6 nitrogen and oxygen atoms in total. The molecule has 1 rings (SSSR count). The predicted molar refractivity (Wildman–Crippen MR) is 75.7 cm³/mol. The summed E-state index contributed by atoms with van der Waals surface area (Å²) >= 11 is 0. The lowest BCUT2D eigenvalue weighted by Crippen LogP contribution is -2.53. The molecule has 6 heteroatoms. The van der Waals surface area contributed by atoms with Gasteiger partial charge < -0.3 is 20.1 Å². The third-order valence-electron chi connectivity index (χ3n) is 3.23. The highest BCUT2D eigenvalue weighted by Gasteiger charge is 2.41. The summed E-state index contributed by atoms with van der Waals surface area (Å²) in [5, 5.41) is 11.9. The molecule has 1 aliphatic rings. The van der Waals surface area contributed by atoms with Crippen molar-refractivity contribution >= 4 is 12.1 Å². The normalized spacial score (nSPS) is 23.6. The Kier molecular flexibility index (Phi) is 5.39. The number of ether oxygens (including phenoxy) is 1. The van der Waals surface area contributed by atoms with Crippen LogP contribution < -0.4 is 5.32 Å². The van der Waals surface area contributed by atoms with Crippen molar-refractivity contribution in [2.45, 2.75) is 58.1 Å². The fourth-order valence-electron chi connectivity index (χ4n) is 2.57. The number of carbonyl (C=O) groups is 2. The SMILES string of the molecule is CCCN1CCC(CC(=O)O)(NC(=O)OC(C)(C)C)C1. The van der Waals surface area contributed by atoms with Crippen LogP contribution in [-0.2, 0) is 9.53 Å². The Hall–Kier alpha value is -1.30. The average molecular weight is 286 g/mol. The van der Waals surface area contributed by atoms with Crippen molar-refractivity contribution in [3.63, 3.8) is 0 Å². The number of hydrogen-bond donors (Lipinski definition) is 2. The summed E-state index contributed by atoms with van der Waals surface area (Å²) in [7, 11) is 0. The highest BCUT2D eigenvalue weighted by Crippen LogP contribution is 2.26. The maximum Gasteiger partial charge on any atom is 0.408 e. The van der Waals surface area contributed by atoms with Gasteiger partial charge in [0.2, 0.25) is 0 Å². The van der Waals surface area contributed by atoms with E-state index < -0.39 is 23.2 Å². The van der Waals surface area contributed by atoms with Gasteiger partial charge in [-0.1, -0.05) is 6.92 Å². The molecule has 0 bridgehead atoms. The molecule has 0 radical (unpaired) electrons. The van der Waals surface area contributed by atoms with Gasteiger partial charge in [-0.05, 0) is 40.2 Å². The first-order valence-corrected chi connectivity index (χ1v) is 7.11. The van der Waals surface area contributed by atoms with Gasteiger partial charge in [0.15, 0.2) is 0 Å². The topological polar surface area (TPSA) is 78.9 Å². The number of carboxylic acid groups (broad SMARTS) is 1. The number of likely N-dealkylation sites (tertiary alicyclic amines) is 1. The van der Waals surface area contributed by atoms with E-state index >= 15 is 0 Å². The Morgan fingerprint density at radius 2 is 2.05 bits per heavy atom. The molecule has 0 aromatic carbocycles. The van der Waals surface area contributed by atoms with Gasteiger partial charge in [-0.25, -0.2) is 4.79 Å². The number of aliphatic carboxylic acids is 1. The zero-order valence-electron chi connectivity index (χ0n) is 12.9. The molecule has 0 aliphatic carbocycles. The van der Waals surface area contributed by atoms with Crippen molar-refractivity contribution in [3.8, 4) is 0 Å². The zero-order chi connectivity index (χ0) is 15.4. The summed E-state index contributed by atoms with van der Waals surface area (Å²) in [5.41, 5.74) is -1.31. The van der Waals surface area contributed by atoms with Gasteiger partial charge in [0, 0.05) is 13.1 Å². The van der Waals surface area contributed by atoms with Crippen molar-refractivity contribution in [2.24, 2.45) is 0 Å². The number of carbonyl (C=O) groups excluding carboxylic acids is 1. The molecule has 116 valence electrons. The molecule has 1 amide bonds. The number of rotatable bonds is 5. The fourth-order valence-corrected chi connectivity index (χ4v) is 2.57. The molecule has 1 unspecified atom stereocenters. The first-order valence-electron chi connectivity index (χ1n) is 7.11. The quantitative estimate of drug-likeness (QED) is 0.806. The molecule has 0 saturated carbocycles. The second-order valence-corrected chi connectivity index (χ2v) is 6.50. The van der Waals surface area contributed by atoms with Crippen molar-refractivity contribution in [1.29, 1.82) is 0 Å². The third kappa shape index (κ3) is 5.36. The predicted octanol–water partition coefficient (Wildman–Crippen LogP) is 1.84. The monoisotopic (exact) mass is 286 g/mol. The van der Waals surface area contributed by atoms with E-state index in [4.69, 9.17) is 9.84 Å². The molecule has 0 aromatic rings. The van der Waals surface area contributed by atoms with E-state index in [9.17, 15) is 9.59 Å². The summed E-state index contributed by atoms with van der Waals surface area (Å²) in [6, 6.07) is 0. The molecular formula is C14H26N2O4. The second-order valence-electron chi connectivity index (χ2n) is 6.50. The van der Waals surface area contributed by atoms with Gasteiger partial charge in [0.05, 0.1) is 12.0 Å². The van der Waals surface area contributed by atoms with Crippen LogP contribution in [0.4, 0.5) is 4.79 Å². The van der Waals surface area contributed by atoms with Crippen LogP contribution in [0.3, 0.4) is 0 Å². The van der Waals surface area contributed by atoms with Crippen LogP contribution in [-0.4, -0.2) is 52.8 Å². The molecule has 1 saturated heterocycles. The van der Waals surface area contributed by atoms with Gasteiger partial charge in [0.25, 0.3) is 0 Å². The van der Waals surface area contributed by atoms with Crippen molar-refractivity contribution in [2.75, 3.05) is 19.6 Å². The summed E-state index contributed by atoms with van der Waals surface area (Å²) < 4.78 is 5.24. The van der Waals surface area contributed by atoms with Gasteiger partial charge in [-0.3, -0.25) is 4.79 Å². The van der Waals surface area contributed by atoms with Crippen LogP contribution in [0.1, 0.15) is 47.0 Å². The molecule has 20 heavy (non-hydrogen) atoms. The Labute approximate surface area is 120 Å². The fraction of sp³-hybridized carbons (Fsp3) is 0.857. The van der Waals surface area contributed by atoms with E-state index in [-0.39, 0.29) is 6.42 Å². The minimum Gasteiger partial charge on any atom is -0.481 e. The first-order chi connectivity index (χ1) is 9.16. The molecular weight excluding hydrogens is 260 g/mol. The van der Waals surface area contributed by atoms with E-state index in [2.05, 4.69) is 17.1 Å². The largest absolute Gasteiger partial charge is 0.481 e. The van der Waals surface area contributed by atoms with Crippen LogP contribution in [0.15, 0.2) is 0 Å². The molecule has 2 N–H and O–H groups in total. The van der Waals surface area contributed by atoms with E-state index in [1.165, 1.54) is 0 Å². The highest BCUT2D eigenvalue weighted by molar-refractivity contribution is 5.73. The van der Waals surface area contributed by atoms with Crippen LogP contribution in [0, 0.1) is 0 Å². The maximum absolute atomic E-state index is 11.9. The summed E-state index contributed by atoms with van der Waals surface area (Å²) in [6.45, 7) is 9.72. The van der Waals surface area contributed by atoms with E-state index in [0.717, 1.165) is 19.5 Å². The Bertz CT molecular complexity index is 365. The van der Waals surface area contributed by atoms with Crippen molar-refractivity contribution in [3.05, 3.63) is 0 Å². The summed E-state index contributed by atoms with van der Waals surface area (Å²) in [6.07, 6.45) is 1.03. The molecule has 0 spiro atoms. The smallest absolute Gasteiger partial charge is 0.408 e. The first kappa shape index (κ1) is 16.8. The lowest BCUT2D eigenvalue weighted by atomic mass is 9.94.